The van der Waals surface area contributed by atoms with E-state index in [4.69, 9.17) is 19.7 Å². The van der Waals surface area contributed by atoms with Crippen LogP contribution < -0.4 is 0 Å². The summed E-state index contributed by atoms with van der Waals surface area (Å²) in [6.07, 6.45) is 6.70. The van der Waals surface area contributed by atoms with Crippen LogP contribution in [0, 0.1) is 23.7 Å². The largest absolute Gasteiger partial charge is 0.481 e. The molecular formula is C19H34O7. The van der Waals surface area contributed by atoms with Gasteiger partial charge in [-0.1, -0.05) is 26.0 Å². The van der Waals surface area contributed by atoms with Crippen molar-refractivity contribution in [2.45, 2.75) is 51.9 Å². The average molecular weight is 374 g/mol. The minimum atomic E-state index is -1.96. The Balaban J connectivity index is 0.00000163. The molecule has 0 aromatic heterocycles. The highest BCUT2D eigenvalue weighted by Crippen LogP contribution is 2.53. The lowest BCUT2D eigenvalue weighted by Crippen LogP contribution is -2.50. The Morgan fingerprint density at radius 3 is 1.96 bits per heavy atom. The molecule has 7 heteroatoms. The van der Waals surface area contributed by atoms with Gasteiger partial charge in [0.1, 0.15) is 0 Å². The monoisotopic (exact) mass is 374 g/mol. The summed E-state index contributed by atoms with van der Waals surface area (Å²) >= 11 is 0. The van der Waals surface area contributed by atoms with Crippen LogP contribution in [-0.4, -0.2) is 58.8 Å². The van der Waals surface area contributed by atoms with Crippen molar-refractivity contribution in [1.29, 1.82) is 0 Å². The van der Waals surface area contributed by atoms with Gasteiger partial charge in [0.15, 0.2) is 0 Å². The van der Waals surface area contributed by atoms with Crippen LogP contribution in [0.4, 0.5) is 0 Å². The number of rotatable bonds is 12. The highest BCUT2D eigenvalue weighted by atomic mass is 16.8. The molecule has 7 nitrogen and oxygen atoms in total. The molecule has 0 amide bonds. The number of allylic oxidation sites excluding steroid dienone is 2. The van der Waals surface area contributed by atoms with Crippen molar-refractivity contribution in [1.82, 2.24) is 0 Å². The molecular weight excluding hydrogens is 340 g/mol. The Morgan fingerprint density at radius 1 is 1.00 bits per heavy atom. The van der Waals surface area contributed by atoms with Crippen molar-refractivity contribution in [3.8, 4) is 0 Å². The van der Waals surface area contributed by atoms with Crippen LogP contribution in [0.25, 0.3) is 0 Å². The van der Waals surface area contributed by atoms with Crippen molar-refractivity contribution in [3.63, 3.8) is 0 Å². The van der Waals surface area contributed by atoms with E-state index in [1.165, 1.54) is 0 Å². The van der Waals surface area contributed by atoms with E-state index in [1.54, 1.807) is 0 Å². The lowest BCUT2D eigenvalue weighted by atomic mass is 9.81. The van der Waals surface area contributed by atoms with Gasteiger partial charge < -0.3 is 29.9 Å². The number of unbranched alkanes of at least 4 members (excludes halogenated alkanes) is 2. The molecule has 0 heterocycles. The van der Waals surface area contributed by atoms with Gasteiger partial charge in [0, 0.05) is 13.2 Å². The van der Waals surface area contributed by atoms with E-state index >= 15 is 0 Å². The molecule has 2 bridgehead atoms. The van der Waals surface area contributed by atoms with Gasteiger partial charge in [0.25, 0.3) is 5.97 Å². The second kappa shape index (κ2) is 11.7. The first-order valence-electron chi connectivity index (χ1n) is 9.66. The van der Waals surface area contributed by atoms with Crippen LogP contribution in [0.5, 0.6) is 0 Å². The second-order valence-corrected chi connectivity index (χ2v) is 6.53. The van der Waals surface area contributed by atoms with Gasteiger partial charge in [-0.2, -0.15) is 0 Å². The summed E-state index contributed by atoms with van der Waals surface area (Å²) in [5.41, 5.74) is 0. The zero-order valence-corrected chi connectivity index (χ0v) is 15.8. The Kier molecular flexibility index (Phi) is 10.3. The third-order valence-corrected chi connectivity index (χ3v) is 4.89. The lowest BCUT2D eigenvalue weighted by molar-refractivity contribution is -0.394. The van der Waals surface area contributed by atoms with Crippen molar-refractivity contribution < 1.29 is 34.7 Å². The van der Waals surface area contributed by atoms with E-state index in [0.29, 0.717) is 32.1 Å². The third-order valence-electron chi connectivity index (χ3n) is 4.89. The highest BCUT2D eigenvalue weighted by Gasteiger charge is 2.58. The van der Waals surface area contributed by atoms with E-state index in [0.717, 1.165) is 0 Å². The smallest absolute Gasteiger partial charge is 0.307 e. The highest BCUT2D eigenvalue weighted by molar-refractivity contribution is 5.72. The lowest BCUT2D eigenvalue weighted by Gasteiger charge is -2.39. The Morgan fingerprint density at radius 2 is 1.50 bits per heavy atom. The molecule has 2 aliphatic rings. The van der Waals surface area contributed by atoms with E-state index < -0.39 is 23.8 Å². The van der Waals surface area contributed by atoms with E-state index in [2.05, 4.69) is 0 Å². The molecule has 4 atom stereocenters. The second-order valence-electron chi connectivity index (χ2n) is 6.53. The summed E-state index contributed by atoms with van der Waals surface area (Å²) in [5, 5.41) is 38.2. The number of carboxylic acids is 1. The van der Waals surface area contributed by atoms with Gasteiger partial charge in [0.2, 0.25) is 0 Å². The SMILES string of the molecule is CC.O=C(O)C1C2C=CC(C2)C1C(O)(OCCCCO)OCCCCO. The Hall–Kier alpha value is -0.990. The molecule has 2 aliphatic carbocycles. The first-order chi connectivity index (χ1) is 12.5. The topological polar surface area (TPSA) is 116 Å². The number of ether oxygens (including phenoxy) is 2. The van der Waals surface area contributed by atoms with Crippen LogP contribution in [0.3, 0.4) is 0 Å². The van der Waals surface area contributed by atoms with E-state index in [9.17, 15) is 15.0 Å². The predicted octanol–water partition coefficient (Wildman–Crippen LogP) is 1.76. The van der Waals surface area contributed by atoms with E-state index in [-0.39, 0.29) is 38.3 Å². The van der Waals surface area contributed by atoms with Crippen molar-refractivity contribution in [3.05, 3.63) is 12.2 Å². The summed E-state index contributed by atoms with van der Waals surface area (Å²) in [7, 11) is 0. The first kappa shape index (κ1) is 23.0. The number of hydrogen-bond acceptors (Lipinski definition) is 6. The summed E-state index contributed by atoms with van der Waals surface area (Å²) < 4.78 is 11.2. The molecule has 0 aromatic carbocycles. The molecule has 2 rings (SSSR count). The quantitative estimate of drug-likeness (QED) is 0.234. The van der Waals surface area contributed by atoms with Gasteiger partial charge in [-0.05, 0) is 43.9 Å². The summed E-state index contributed by atoms with van der Waals surface area (Å²) in [4.78, 5) is 11.7. The van der Waals surface area contributed by atoms with Crippen LogP contribution in [0.15, 0.2) is 12.2 Å². The summed E-state index contributed by atoms with van der Waals surface area (Å²) in [5.74, 6) is -4.50. The molecule has 4 N–H and O–H groups in total. The van der Waals surface area contributed by atoms with Gasteiger partial charge in [-0.25, -0.2) is 0 Å². The molecule has 0 aromatic rings. The minimum Gasteiger partial charge on any atom is -0.481 e. The zero-order valence-electron chi connectivity index (χ0n) is 15.8. The molecule has 152 valence electrons. The van der Waals surface area contributed by atoms with Crippen LogP contribution >= 0.6 is 0 Å². The van der Waals surface area contributed by atoms with Crippen LogP contribution in [0.2, 0.25) is 0 Å². The maximum absolute atomic E-state index is 11.7. The fourth-order valence-corrected chi connectivity index (χ4v) is 3.75. The molecule has 1 fully saturated rings. The van der Waals surface area contributed by atoms with Gasteiger partial charge in [-0.3, -0.25) is 4.79 Å². The van der Waals surface area contributed by atoms with Crippen molar-refractivity contribution in [2.24, 2.45) is 23.7 Å². The third kappa shape index (κ3) is 5.76. The van der Waals surface area contributed by atoms with Crippen LogP contribution in [0.1, 0.15) is 46.0 Å². The van der Waals surface area contributed by atoms with Gasteiger partial charge >= 0.3 is 5.97 Å². The molecule has 26 heavy (non-hydrogen) atoms. The summed E-state index contributed by atoms with van der Waals surface area (Å²) in [6.45, 7) is 4.43. The molecule has 0 aliphatic heterocycles. The fourth-order valence-electron chi connectivity index (χ4n) is 3.75. The summed E-state index contributed by atoms with van der Waals surface area (Å²) in [6, 6.07) is 0. The number of aliphatic hydroxyl groups is 3. The molecule has 0 radical (unpaired) electrons. The minimum absolute atomic E-state index is 0.0355. The number of aliphatic hydroxyl groups excluding tert-OH is 2. The normalized spacial score (nSPS) is 26.7. The standard InChI is InChI=1S/C17H28O7.C2H6/c18-7-1-3-9-23-17(22,24-10-4-2-8-19)15-13-6-5-12(11-13)14(15)16(20)21;1-2/h5-6,12-15,18-19,22H,1-4,7-11H2,(H,20,21);1-2H3. The number of fused-ring (bicyclic) bond motifs is 2. The predicted molar refractivity (Wildman–Crippen MR) is 96.2 cm³/mol. The van der Waals surface area contributed by atoms with Crippen molar-refractivity contribution in [2.75, 3.05) is 26.4 Å². The molecule has 0 spiro atoms. The fraction of sp³-hybridized carbons (Fsp3) is 0.842. The number of aliphatic carboxylic acids is 1. The molecule has 1 saturated carbocycles. The van der Waals surface area contributed by atoms with Gasteiger partial charge in [-0.15, -0.1) is 0 Å². The zero-order chi connectivity index (χ0) is 19.6. The number of carboxylic acid groups (broad SMARTS) is 1. The maximum Gasteiger partial charge on any atom is 0.307 e. The van der Waals surface area contributed by atoms with E-state index in [1.807, 2.05) is 26.0 Å². The first-order valence-corrected chi connectivity index (χ1v) is 9.66. The average Bonchev–Trinajstić information content (AvgIpc) is 3.26. The van der Waals surface area contributed by atoms with Crippen LogP contribution in [-0.2, 0) is 14.3 Å². The molecule has 0 saturated heterocycles. The Bertz CT molecular complexity index is 426. The number of hydrogen-bond donors (Lipinski definition) is 4. The Labute approximate surface area is 155 Å². The maximum atomic E-state index is 11.7. The van der Waals surface area contributed by atoms with Gasteiger partial charge in [0.05, 0.1) is 25.0 Å². The number of carbonyl (C=O) groups is 1. The van der Waals surface area contributed by atoms with Crippen molar-refractivity contribution >= 4 is 5.97 Å². The molecule has 4 unspecified atom stereocenters.